The van der Waals surface area contributed by atoms with Crippen molar-refractivity contribution >= 4 is 27.5 Å². The molecular weight excluding hydrogens is 437 g/mol. The van der Waals surface area contributed by atoms with Gasteiger partial charge >= 0.3 is 6.18 Å². The highest BCUT2D eigenvalue weighted by atomic mass is 35.5. The number of amides is 1. The number of carbonyl (C=O) groups is 1. The van der Waals surface area contributed by atoms with Crippen LogP contribution in [0.4, 0.5) is 13.2 Å². The Morgan fingerprint density at radius 3 is 2.17 bits per heavy atom. The smallest absolute Gasteiger partial charge is 0.335 e. The van der Waals surface area contributed by atoms with Gasteiger partial charge in [-0.05, 0) is 6.92 Å². The first-order valence-electron chi connectivity index (χ1n) is 8.43. The number of hydrogen-bond donors (Lipinski definition) is 0. The van der Waals surface area contributed by atoms with Gasteiger partial charge in [-0.1, -0.05) is 11.6 Å². The van der Waals surface area contributed by atoms with Gasteiger partial charge < -0.3 is 4.90 Å². The van der Waals surface area contributed by atoms with E-state index in [0.717, 1.165) is 7.05 Å². The highest BCUT2D eigenvalue weighted by Crippen LogP contribution is 2.36. The first-order chi connectivity index (χ1) is 13.4. The highest BCUT2D eigenvalue weighted by Gasteiger charge is 2.41. The molecule has 0 atom stereocenters. The minimum Gasteiger partial charge on any atom is -0.335 e. The molecule has 160 valence electrons. The zero-order valence-corrected chi connectivity index (χ0v) is 17.3. The Morgan fingerprint density at radius 2 is 1.72 bits per heavy atom. The van der Waals surface area contributed by atoms with Gasteiger partial charge in [-0.15, -0.1) is 0 Å². The van der Waals surface area contributed by atoms with Crippen LogP contribution in [0.25, 0.3) is 0 Å². The van der Waals surface area contributed by atoms with E-state index < -0.39 is 38.5 Å². The summed E-state index contributed by atoms with van der Waals surface area (Å²) in [6.45, 7) is 1.58. The van der Waals surface area contributed by atoms with Crippen molar-refractivity contribution < 1.29 is 26.4 Å². The molecule has 0 saturated carbocycles. The number of rotatable bonds is 3. The number of carbonyl (C=O) groups excluding carboxylic acids is 1. The van der Waals surface area contributed by atoms with Gasteiger partial charge in [-0.25, -0.2) is 8.42 Å². The van der Waals surface area contributed by atoms with Crippen molar-refractivity contribution in [2.45, 2.75) is 18.0 Å². The van der Waals surface area contributed by atoms with Gasteiger partial charge in [0.2, 0.25) is 10.0 Å². The lowest BCUT2D eigenvalue weighted by Gasteiger charge is -2.33. The Morgan fingerprint density at radius 1 is 1.14 bits per heavy atom. The quantitative estimate of drug-likeness (QED) is 0.696. The van der Waals surface area contributed by atoms with Crippen LogP contribution < -0.4 is 0 Å². The molecule has 1 saturated heterocycles. The molecule has 0 spiro atoms. The van der Waals surface area contributed by atoms with Gasteiger partial charge in [0.1, 0.15) is 9.92 Å². The zero-order chi connectivity index (χ0) is 21.7. The summed E-state index contributed by atoms with van der Waals surface area (Å²) in [5.74, 6) is -0.782. The number of alkyl halides is 3. The third-order valence-electron chi connectivity index (χ3n) is 4.79. The molecule has 2 aromatic rings. The highest BCUT2D eigenvalue weighted by molar-refractivity contribution is 7.89. The second kappa shape index (κ2) is 7.29. The predicted octanol–water partition coefficient (Wildman–Crippen LogP) is 1.28. The van der Waals surface area contributed by atoms with E-state index in [1.807, 2.05) is 0 Å². The molecule has 0 N–H and O–H groups in total. The second-order valence-corrected chi connectivity index (χ2v) is 8.83. The van der Waals surface area contributed by atoms with E-state index in [1.165, 1.54) is 20.1 Å². The first kappa shape index (κ1) is 21.6. The van der Waals surface area contributed by atoms with Gasteiger partial charge in [0, 0.05) is 40.3 Å². The Labute approximate surface area is 169 Å². The van der Waals surface area contributed by atoms with Gasteiger partial charge in [0.25, 0.3) is 5.91 Å². The maximum Gasteiger partial charge on any atom is 0.434 e. The minimum atomic E-state index is -4.76. The Kier molecular flexibility index (Phi) is 5.43. The van der Waals surface area contributed by atoms with Gasteiger partial charge in [-0.3, -0.25) is 14.2 Å². The van der Waals surface area contributed by atoms with Crippen molar-refractivity contribution in [1.29, 1.82) is 0 Å². The van der Waals surface area contributed by atoms with E-state index in [0.29, 0.717) is 10.4 Å². The first-order valence-corrected chi connectivity index (χ1v) is 10.2. The zero-order valence-electron chi connectivity index (χ0n) is 15.7. The number of piperazine rings is 1. The largest absolute Gasteiger partial charge is 0.434 e. The monoisotopic (exact) mass is 454 g/mol. The van der Waals surface area contributed by atoms with Crippen LogP contribution in [0.5, 0.6) is 0 Å². The van der Waals surface area contributed by atoms with Crippen molar-refractivity contribution in [2.75, 3.05) is 26.2 Å². The number of aromatic nitrogens is 4. The molecule has 1 fully saturated rings. The van der Waals surface area contributed by atoms with Crippen molar-refractivity contribution in [1.82, 2.24) is 28.8 Å². The molecule has 2 aromatic heterocycles. The lowest BCUT2D eigenvalue weighted by molar-refractivity contribution is -0.143. The average molecular weight is 455 g/mol. The molecule has 0 radical (unpaired) electrons. The van der Waals surface area contributed by atoms with Gasteiger partial charge in [0.05, 0.1) is 11.9 Å². The van der Waals surface area contributed by atoms with E-state index in [9.17, 15) is 26.4 Å². The van der Waals surface area contributed by atoms with Crippen molar-refractivity contribution in [2.24, 2.45) is 14.1 Å². The molecule has 1 aliphatic heterocycles. The Balaban J connectivity index is 1.76. The molecule has 14 heteroatoms. The summed E-state index contributed by atoms with van der Waals surface area (Å²) in [7, 11) is -1.13. The van der Waals surface area contributed by atoms with E-state index in [1.54, 1.807) is 14.0 Å². The molecule has 3 heterocycles. The van der Waals surface area contributed by atoms with Crippen LogP contribution in [-0.4, -0.2) is 69.3 Å². The average Bonchev–Trinajstić information content (AvgIpc) is 3.13. The summed E-state index contributed by atoms with van der Waals surface area (Å²) < 4.78 is 67.9. The van der Waals surface area contributed by atoms with Crippen LogP contribution in [0.2, 0.25) is 5.02 Å². The number of aryl methyl sites for hydroxylation is 2. The fourth-order valence-corrected chi connectivity index (χ4v) is 5.05. The standard InChI is InChI=1S/C15H18ClF3N6O3S/c1-9-10(8-20-22(9)2)29(27,28)25-6-4-24(5-7-25)14(26)12-11(16)13(15(17,18)19)23(3)21-12/h8H,4-7H2,1-3H3. The van der Waals surface area contributed by atoms with Crippen LogP contribution in [0.1, 0.15) is 21.9 Å². The molecular formula is C15H18ClF3N6O3S. The summed E-state index contributed by atoms with van der Waals surface area (Å²) in [6, 6.07) is 0. The van der Waals surface area contributed by atoms with Crippen LogP contribution in [0, 0.1) is 6.92 Å². The molecule has 9 nitrogen and oxygen atoms in total. The number of sulfonamides is 1. The maximum atomic E-state index is 13.1. The molecule has 0 bridgehead atoms. The van der Waals surface area contributed by atoms with E-state index in [2.05, 4.69) is 10.2 Å². The number of hydrogen-bond acceptors (Lipinski definition) is 5. The lowest BCUT2D eigenvalue weighted by atomic mass is 10.2. The van der Waals surface area contributed by atoms with Crippen molar-refractivity contribution in [3.8, 4) is 0 Å². The van der Waals surface area contributed by atoms with Crippen LogP contribution in [0.15, 0.2) is 11.1 Å². The summed E-state index contributed by atoms with van der Waals surface area (Å²) in [5.41, 5.74) is -1.25. The molecule has 0 aliphatic carbocycles. The molecule has 0 unspecified atom stereocenters. The maximum absolute atomic E-state index is 13.1. The lowest BCUT2D eigenvalue weighted by Crippen LogP contribution is -2.50. The SMILES string of the molecule is Cc1c(S(=O)(=O)N2CCN(C(=O)c3nn(C)c(C(F)(F)F)c3Cl)CC2)cnn1C. The fraction of sp³-hybridized carbons (Fsp3) is 0.533. The van der Waals surface area contributed by atoms with Crippen molar-refractivity contribution in [3.63, 3.8) is 0 Å². The predicted molar refractivity (Wildman–Crippen MR) is 95.8 cm³/mol. The minimum absolute atomic E-state index is 0.00831. The Hall–Kier alpha value is -2.12. The summed E-state index contributed by atoms with van der Waals surface area (Å²) in [4.78, 5) is 13.9. The van der Waals surface area contributed by atoms with Gasteiger partial charge in [-0.2, -0.15) is 27.7 Å². The molecule has 29 heavy (non-hydrogen) atoms. The molecule has 3 rings (SSSR count). The van der Waals surface area contributed by atoms with E-state index >= 15 is 0 Å². The van der Waals surface area contributed by atoms with E-state index in [4.69, 9.17) is 11.6 Å². The summed E-state index contributed by atoms with van der Waals surface area (Å²) >= 11 is 5.76. The number of nitrogens with zero attached hydrogens (tertiary/aromatic N) is 6. The fourth-order valence-electron chi connectivity index (χ4n) is 3.09. The number of halogens is 4. The third kappa shape index (κ3) is 3.73. The molecule has 1 aliphatic rings. The van der Waals surface area contributed by atoms with Crippen LogP contribution in [0.3, 0.4) is 0 Å². The topological polar surface area (TPSA) is 93.3 Å². The molecule has 1 amide bonds. The second-order valence-electron chi connectivity index (χ2n) is 6.55. The normalized spacial score (nSPS) is 16.4. The third-order valence-corrected chi connectivity index (χ3v) is 7.15. The Bertz CT molecular complexity index is 1050. The molecule has 0 aromatic carbocycles. The van der Waals surface area contributed by atoms with E-state index in [-0.39, 0.29) is 31.1 Å². The van der Waals surface area contributed by atoms with Crippen LogP contribution >= 0.6 is 11.6 Å². The summed E-state index contributed by atoms with van der Waals surface area (Å²) in [6.07, 6.45) is -3.50. The summed E-state index contributed by atoms with van der Waals surface area (Å²) in [5, 5.41) is 6.77. The van der Waals surface area contributed by atoms with Crippen molar-refractivity contribution in [3.05, 3.63) is 28.3 Å². The van der Waals surface area contributed by atoms with Gasteiger partial charge in [0.15, 0.2) is 11.4 Å². The van der Waals surface area contributed by atoms with Crippen LogP contribution in [-0.2, 0) is 30.3 Å².